The first-order valence-electron chi connectivity index (χ1n) is 6.77. The fourth-order valence-electron chi connectivity index (χ4n) is 2.66. The summed E-state index contributed by atoms with van der Waals surface area (Å²) >= 11 is 12.1. The van der Waals surface area contributed by atoms with Crippen molar-refractivity contribution in [2.45, 2.75) is 38.6 Å². The zero-order valence-electron chi connectivity index (χ0n) is 11.2. The number of nitrogens with zero attached hydrogens (tertiary/aromatic N) is 1. The van der Waals surface area contributed by atoms with Gasteiger partial charge in [-0.2, -0.15) is 0 Å². The molecule has 0 spiro atoms. The third kappa shape index (κ3) is 3.24. The van der Waals surface area contributed by atoms with Crippen LogP contribution in [-0.4, -0.2) is 29.3 Å². The molecule has 1 amide bonds. The molecule has 1 aromatic carbocycles. The van der Waals surface area contributed by atoms with Crippen molar-refractivity contribution in [3.8, 4) is 0 Å². The smallest absolute Gasteiger partial charge is 0.255 e. The Labute approximate surface area is 124 Å². The van der Waals surface area contributed by atoms with Crippen LogP contribution >= 0.6 is 23.2 Å². The van der Waals surface area contributed by atoms with Gasteiger partial charge < -0.3 is 4.90 Å². The quantitative estimate of drug-likeness (QED) is 0.763. The average Bonchev–Trinajstić information content (AvgIpc) is 2.42. The third-order valence-corrected chi connectivity index (χ3v) is 4.47. The SMILES string of the molecule is Cc1cccc(C(=O)N2CCCCC2CCCl)c1Cl. The van der Waals surface area contributed by atoms with Crippen molar-refractivity contribution in [2.75, 3.05) is 12.4 Å². The van der Waals surface area contributed by atoms with E-state index >= 15 is 0 Å². The molecular weight excluding hydrogens is 281 g/mol. The number of carbonyl (C=O) groups is 1. The molecule has 2 nitrogen and oxygen atoms in total. The Balaban J connectivity index is 2.23. The second-order valence-corrected chi connectivity index (χ2v) is 5.82. The largest absolute Gasteiger partial charge is 0.336 e. The molecule has 1 unspecified atom stereocenters. The number of alkyl halides is 1. The van der Waals surface area contributed by atoms with Gasteiger partial charge in [0.2, 0.25) is 0 Å². The molecule has 0 radical (unpaired) electrons. The van der Waals surface area contributed by atoms with Crippen LogP contribution in [0, 0.1) is 6.92 Å². The maximum absolute atomic E-state index is 12.7. The van der Waals surface area contributed by atoms with Gasteiger partial charge >= 0.3 is 0 Å². The Kier molecular flexibility index (Phi) is 5.12. The maximum atomic E-state index is 12.7. The first-order chi connectivity index (χ1) is 9.15. The molecule has 104 valence electrons. The zero-order chi connectivity index (χ0) is 13.8. The van der Waals surface area contributed by atoms with E-state index in [4.69, 9.17) is 23.2 Å². The molecular formula is C15H19Cl2NO. The van der Waals surface area contributed by atoms with Crippen molar-refractivity contribution in [1.82, 2.24) is 4.90 Å². The second kappa shape index (κ2) is 6.62. The number of hydrogen-bond acceptors (Lipinski definition) is 1. The van der Waals surface area contributed by atoms with Gasteiger partial charge in [-0.25, -0.2) is 0 Å². The highest BCUT2D eigenvalue weighted by molar-refractivity contribution is 6.34. The lowest BCUT2D eigenvalue weighted by atomic mass is 9.98. The molecule has 2 rings (SSSR count). The average molecular weight is 300 g/mol. The van der Waals surface area contributed by atoms with Gasteiger partial charge in [-0.3, -0.25) is 4.79 Å². The Morgan fingerprint density at radius 1 is 1.42 bits per heavy atom. The van der Waals surface area contributed by atoms with Crippen molar-refractivity contribution in [3.05, 3.63) is 34.3 Å². The number of aryl methyl sites for hydroxylation is 1. The molecule has 4 heteroatoms. The van der Waals surface area contributed by atoms with Crippen molar-refractivity contribution in [2.24, 2.45) is 0 Å². The summed E-state index contributed by atoms with van der Waals surface area (Å²) in [5.74, 6) is 0.638. The van der Waals surface area contributed by atoms with Crippen molar-refractivity contribution in [1.29, 1.82) is 0 Å². The van der Waals surface area contributed by atoms with Crippen LogP contribution < -0.4 is 0 Å². The number of likely N-dealkylation sites (tertiary alicyclic amines) is 1. The van der Waals surface area contributed by atoms with Crippen LogP contribution in [0.4, 0.5) is 0 Å². The number of carbonyl (C=O) groups excluding carboxylic acids is 1. The summed E-state index contributed by atoms with van der Waals surface area (Å²) < 4.78 is 0. The van der Waals surface area contributed by atoms with E-state index in [2.05, 4.69) is 0 Å². The fraction of sp³-hybridized carbons (Fsp3) is 0.533. The van der Waals surface area contributed by atoms with Gasteiger partial charge in [0, 0.05) is 18.5 Å². The van der Waals surface area contributed by atoms with Crippen LogP contribution in [0.3, 0.4) is 0 Å². The molecule has 1 fully saturated rings. The minimum Gasteiger partial charge on any atom is -0.336 e. The van der Waals surface area contributed by atoms with E-state index in [-0.39, 0.29) is 11.9 Å². The van der Waals surface area contributed by atoms with Crippen molar-refractivity contribution >= 4 is 29.1 Å². The Morgan fingerprint density at radius 3 is 2.95 bits per heavy atom. The highest BCUT2D eigenvalue weighted by Crippen LogP contribution is 2.26. The van der Waals surface area contributed by atoms with Crippen molar-refractivity contribution in [3.63, 3.8) is 0 Å². The Morgan fingerprint density at radius 2 is 2.21 bits per heavy atom. The standard InChI is InChI=1S/C15H19Cl2NO/c1-11-5-4-7-13(14(11)17)15(19)18-10-3-2-6-12(18)8-9-16/h4-5,7,12H,2-3,6,8-10H2,1H3. The van der Waals surface area contributed by atoms with E-state index in [0.717, 1.165) is 31.4 Å². The van der Waals surface area contributed by atoms with Crippen molar-refractivity contribution < 1.29 is 4.79 Å². The first-order valence-corrected chi connectivity index (χ1v) is 7.68. The normalized spacial score (nSPS) is 19.5. The molecule has 1 heterocycles. The molecule has 0 N–H and O–H groups in total. The van der Waals surface area contributed by atoms with Crippen LogP contribution in [-0.2, 0) is 0 Å². The Bertz CT molecular complexity index is 459. The molecule has 0 aliphatic carbocycles. The molecule has 0 saturated carbocycles. The van der Waals surface area contributed by atoms with Gasteiger partial charge in [0.1, 0.15) is 0 Å². The summed E-state index contributed by atoms with van der Waals surface area (Å²) in [6.07, 6.45) is 4.14. The summed E-state index contributed by atoms with van der Waals surface area (Å²) in [5, 5.41) is 0.572. The van der Waals surface area contributed by atoms with Gasteiger partial charge in [-0.1, -0.05) is 23.7 Å². The topological polar surface area (TPSA) is 20.3 Å². The van der Waals surface area contributed by atoms with Crippen LogP contribution in [0.1, 0.15) is 41.6 Å². The fourth-order valence-corrected chi connectivity index (χ4v) is 3.12. The Hall–Kier alpha value is -0.730. The van der Waals surface area contributed by atoms with Gasteiger partial charge in [0.05, 0.1) is 10.6 Å². The molecule has 1 saturated heterocycles. The lowest BCUT2D eigenvalue weighted by Gasteiger charge is -2.36. The molecule has 1 aliphatic rings. The molecule has 1 aromatic rings. The van der Waals surface area contributed by atoms with Gasteiger partial charge in [-0.15, -0.1) is 11.6 Å². The van der Waals surface area contributed by atoms with Crippen LogP contribution in [0.2, 0.25) is 5.02 Å². The van der Waals surface area contributed by atoms with Crippen LogP contribution in [0.15, 0.2) is 18.2 Å². The summed E-state index contributed by atoms with van der Waals surface area (Å²) in [5.41, 5.74) is 1.56. The monoisotopic (exact) mass is 299 g/mol. The van der Waals surface area contributed by atoms with Gasteiger partial charge in [0.15, 0.2) is 0 Å². The number of hydrogen-bond donors (Lipinski definition) is 0. The second-order valence-electron chi connectivity index (χ2n) is 5.06. The number of rotatable bonds is 3. The van der Waals surface area contributed by atoms with Crippen LogP contribution in [0.5, 0.6) is 0 Å². The summed E-state index contributed by atoms with van der Waals surface area (Å²) in [6, 6.07) is 5.88. The predicted molar refractivity (Wildman–Crippen MR) is 80.2 cm³/mol. The lowest BCUT2D eigenvalue weighted by molar-refractivity contribution is 0.0609. The highest BCUT2D eigenvalue weighted by Gasteiger charge is 2.28. The first kappa shape index (κ1) is 14.7. The van der Waals surface area contributed by atoms with E-state index < -0.39 is 0 Å². The summed E-state index contributed by atoms with van der Waals surface area (Å²) in [6.45, 7) is 2.73. The molecule has 1 aliphatic heterocycles. The highest BCUT2D eigenvalue weighted by atomic mass is 35.5. The van der Waals surface area contributed by atoms with E-state index in [9.17, 15) is 4.79 Å². The van der Waals surface area contributed by atoms with E-state index in [1.165, 1.54) is 6.42 Å². The molecule has 0 bridgehead atoms. The van der Waals surface area contributed by atoms with Gasteiger partial charge in [-0.05, 0) is 44.2 Å². The number of benzene rings is 1. The maximum Gasteiger partial charge on any atom is 0.255 e. The third-order valence-electron chi connectivity index (χ3n) is 3.75. The molecule has 19 heavy (non-hydrogen) atoms. The number of amides is 1. The predicted octanol–water partition coefficient (Wildman–Crippen LogP) is 4.27. The lowest BCUT2D eigenvalue weighted by Crippen LogP contribution is -2.44. The van der Waals surface area contributed by atoms with E-state index in [0.29, 0.717) is 16.5 Å². The number of halogens is 2. The zero-order valence-corrected chi connectivity index (χ0v) is 12.7. The molecule has 1 atom stereocenters. The molecule has 0 aromatic heterocycles. The summed E-state index contributed by atoms with van der Waals surface area (Å²) in [7, 11) is 0. The van der Waals surface area contributed by atoms with Gasteiger partial charge in [0.25, 0.3) is 5.91 Å². The van der Waals surface area contributed by atoms with Crippen LogP contribution in [0.25, 0.3) is 0 Å². The number of piperidine rings is 1. The van der Waals surface area contributed by atoms with E-state index in [1.807, 2.05) is 30.0 Å². The minimum atomic E-state index is 0.0449. The van der Waals surface area contributed by atoms with E-state index in [1.54, 1.807) is 0 Å². The minimum absolute atomic E-state index is 0.0449. The summed E-state index contributed by atoms with van der Waals surface area (Å²) in [4.78, 5) is 14.6.